The first-order valence-electron chi connectivity index (χ1n) is 4.99. The highest BCUT2D eigenvalue weighted by Crippen LogP contribution is 2.21. The number of anilines is 2. The zero-order valence-corrected chi connectivity index (χ0v) is 9.81. The fourth-order valence-corrected chi connectivity index (χ4v) is 3.58. The van der Waals surface area contributed by atoms with E-state index in [-0.39, 0.29) is 17.5 Å². The largest absolute Gasteiger partial charge is 0.382 e. The molecule has 1 fully saturated rings. The fraction of sp³-hybridized carbons (Fsp3) is 0.556. The van der Waals surface area contributed by atoms with E-state index in [4.69, 9.17) is 5.73 Å². The summed E-state index contributed by atoms with van der Waals surface area (Å²) in [7, 11) is -1.07. The van der Waals surface area contributed by atoms with E-state index < -0.39 is 9.84 Å². The Bertz CT molecular complexity index is 488. The Morgan fingerprint density at radius 2 is 2.25 bits per heavy atom. The van der Waals surface area contributed by atoms with Crippen molar-refractivity contribution in [3.8, 4) is 0 Å². The molecular formula is C9H14N4O2S. The first-order valence-corrected chi connectivity index (χ1v) is 6.81. The Labute approximate surface area is 94.4 Å². The number of rotatable bonds is 2. The zero-order chi connectivity index (χ0) is 11.8. The summed E-state index contributed by atoms with van der Waals surface area (Å²) < 4.78 is 22.7. The van der Waals surface area contributed by atoms with E-state index in [0.29, 0.717) is 18.1 Å². The minimum atomic E-state index is -2.88. The van der Waals surface area contributed by atoms with Gasteiger partial charge in [0.05, 0.1) is 23.9 Å². The average molecular weight is 242 g/mol. The summed E-state index contributed by atoms with van der Waals surface area (Å²) in [4.78, 5) is 9.87. The van der Waals surface area contributed by atoms with Crippen LogP contribution in [0.2, 0.25) is 0 Å². The van der Waals surface area contributed by atoms with Gasteiger partial charge in [0.25, 0.3) is 0 Å². The molecule has 1 aliphatic rings. The molecular weight excluding hydrogens is 228 g/mol. The van der Waals surface area contributed by atoms with E-state index in [1.807, 2.05) is 11.9 Å². The summed E-state index contributed by atoms with van der Waals surface area (Å²) in [5.41, 5.74) is 5.53. The molecule has 2 heterocycles. The predicted octanol–water partition coefficient (Wildman–Crippen LogP) is -0.318. The maximum Gasteiger partial charge on any atom is 0.152 e. The molecule has 7 heteroatoms. The topological polar surface area (TPSA) is 89.2 Å². The number of nitrogen functional groups attached to an aromatic ring is 1. The van der Waals surface area contributed by atoms with E-state index in [2.05, 4.69) is 9.97 Å². The molecule has 1 aliphatic heterocycles. The van der Waals surface area contributed by atoms with Crippen molar-refractivity contribution in [2.45, 2.75) is 12.5 Å². The van der Waals surface area contributed by atoms with Crippen molar-refractivity contribution >= 4 is 21.5 Å². The Hall–Kier alpha value is -1.37. The second-order valence-corrected chi connectivity index (χ2v) is 6.20. The van der Waals surface area contributed by atoms with E-state index in [0.717, 1.165) is 0 Å². The molecule has 6 nitrogen and oxygen atoms in total. The van der Waals surface area contributed by atoms with Gasteiger partial charge in [0.2, 0.25) is 0 Å². The van der Waals surface area contributed by atoms with Crippen molar-refractivity contribution < 1.29 is 8.42 Å². The summed E-state index contributed by atoms with van der Waals surface area (Å²) in [5, 5.41) is 0. The van der Waals surface area contributed by atoms with Crippen LogP contribution >= 0.6 is 0 Å². The van der Waals surface area contributed by atoms with Crippen LogP contribution in [0, 0.1) is 0 Å². The van der Waals surface area contributed by atoms with Gasteiger partial charge in [-0.05, 0) is 6.42 Å². The van der Waals surface area contributed by atoms with Crippen LogP contribution in [0.3, 0.4) is 0 Å². The number of aromatic nitrogens is 2. The minimum Gasteiger partial charge on any atom is -0.382 e. The van der Waals surface area contributed by atoms with Gasteiger partial charge in [-0.15, -0.1) is 0 Å². The third-order valence-corrected chi connectivity index (χ3v) is 4.51. The van der Waals surface area contributed by atoms with Gasteiger partial charge in [-0.1, -0.05) is 0 Å². The molecule has 1 aromatic heterocycles. The molecule has 88 valence electrons. The van der Waals surface area contributed by atoms with Crippen molar-refractivity contribution in [2.24, 2.45) is 0 Å². The monoisotopic (exact) mass is 242 g/mol. The van der Waals surface area contributed by atoms with E-state index in [9.17, 15) is 8.42 Å². The molecule has 0 bridgehead atoms. The molecule has 0 saturated carbocycles. The van der Waals surface area contributed by atoms with Gasteiger partial charge in [-0.3, -0.25) is 4.98 Å². The smallest absolute Gasteiger partial charge is 0.152 e. The summed E-state index contributed by atoms with van der Waals surface area (Å²) in [5.74, 6) is 1.38. The van der Waals surface area contributed by atoms with Crippen LogP contribution in [0.25, 0.3) is 0 Å². The molecule has 1 unspecified atom stereocenters. The third kappa shape index (κ3) is 2.24. The molecule has 1 aromatic rings. The number of hydrogen-bond donors (Lipinski definition) is 1. The van der Waals surface area contributed by atoms with Crippen LogP contribution in [-0.4, -0.2) is 43.0 Å². The summed E-state index contributed by atoms with van der Waals surface area (Å²) >= 11 is 0. The maximum atomic E-state index is 11.4. The molecule has 0 aliphatic carbocycles. The molecule has 2 N–H and O–H groups in total. The third-order valence-electron chi connectivity index (χ3n) is 2.76. The van der Waals surface area contributed by atoms with Crippen LogP contribution in [0.4, 0.5) is 11.6 Å². The lowest BCUT2D eigenvalue weighted by molar-refractivity contribution is 0.600. The first-order chi connectivity index (χ1) is 7.48. The molecule has 1 atom stereocenters. The van der Waals surface area contributed by atoms with Crippen LogP contribution in [0.5, 0.6) is 0 Å². The highest BCUT2D eigenvalue weighted by atomic mass is 32.2. The van der Waals surface area contributed by atoms with Gasteiger partial charge in [0.15, 0.2) is 9.84 Å². The minimum absolute atomic E-state index is 0.0268. The van der Waals surface area contributed by atoms with Crippen molar-refractivity contribution in [3.05, 3.63) is 12.4 Å². The van der Waals surface area contributed by atoms with E-state index >= 15 is 0 Å². The molecule has 1 saturated heterocycles. The van der Waals surface area contributed by atoms with Crippen LogP contribution in [0.15, 0.2) is 12.4 Å². The fourth-order valence-electron chi connectivity index (χ4n) is 1.81. The number of hydrogen-bond acceptors (Lipinski definition) is 6. The highest BCUT2D eigenvalue weighted by molar-refractivity contribution is 7.91. The SMILES string of the molecule is CN(c1cncc(N)n1)C1CCS(=O)(=O)C1. The standard InChI is InChI=1S/C9H14N4O2S/c1-13(7-2-3-16(14,15)6-7)9-5-11-4-8(10)12-9/h4-5,7H,2-3,6H2,1H3,(H2,10,12). The number of nitrogens with two attached hydrogens (primary N) is 1. The van der Waals surface area contributed by atoms with Gasteiger partial charge < -0.3 is 10.6 Å². The van der Waals surface area contributed by atoms with Crippen molar-refractivity contribution in [3.63, 3.8) is 0 Å². The maximum absolute atomic E-state index is 11.4. The normalized spacial score (nSPS) is 23.2. The summed E-state index contributed by atoms with van der Waals surface area (Å²) in [6, 6.07) is -0.0268. The highest BCUT2D eigenvalue weighted by Gasteiger charge is 2.31. The van der Waals surface area contributed by atoms with Crippen molar-refractivity contribution in [1.82, 2.24) is 9.97 Å². The molecule has 16 heavy (non-hydrogen) atoms. The van der Waals surface area contributed by atoms with Crippen molar-refractivity contribution in [1.29, 1.82) is 0 Å². The van der Waals surface area contributed by atoms with E-state index in [1.165, 1.54) is 6.20 Å². The summed E-state index contributed by atoms with van der Waals surface area (Å²) in [6.07, 6.45) is 3.68. The van der Waals surface area contributed by atoms with Crippen LogP contribution < -0.4 is 10.6 Å². The van der Waals surface area contributed by atoms with Gasteiger partial charge >= 0.3 is 0 Å². The quantitative estimate of drug-likeness (QED) is 0.764. The second-order valence-electron chi connectivity index (χ2n) is 3.97. The van der Waals surface area contributed by atoms with Crippen molar-refractivity contribution in [2.75, 3.05) is 29.2 Å². The Morgan fingerprint density at radius 3 is 2.81 bits per heavy atom. The number of sulfone groups is 1. The van der Waals surface area contributed by atoms with Crippen LogP contribution in [-0.2, 0) is 9.84 Å². The molecule has 2 rings (SSSR count). The average Bonchev–Trinajstić information content (AvgIpc) is 2.58. The van der Waals surface area contributed by atoms with Crippen LogP contribution in [0.1, 0.15) is 6.42 Å². The lowest BCUT2D eigenvalue weighted by Gasteiger charge is -2.23. The predicted molar refractivity (Wildman–Crippen MR) is 61.9 cm³/mol. The van der Waals surface area contributed by atoms with Gasteiger partial charge in [-0.25, -0.2) is 13.4 Å². The molecule has 0 spiro atoms. The summed E-state index contributed by atoms with van der Waals surface area (Å²) in [6.45, 7) is 0. The lowest BCUT2D eigenvalue weighted by Crippen LogP contribution is -2.33. The second kappa shape index (κ2) is 3.89. The first kappa shape index (κ1) is 11.1. The lowest BCUT2D eigenvalue weighted by atomic mass is 10.2. The molecule has 0 amide bonds. The molecule has 0 radical (unpaired) electrons. The number of nitrogens with zero attached hydrogens (tertiary/aromatic N) is 3. The van der Waals surface area contributed by atoms with Gasteiger partial charge in [0.1, 0.15) is 11.6 Å². The van der Waals surface area contributed by atoms with Gasteiger partial charge in [-0.2, -0.15) is 0 Å². The zero-order valence-electron chi connectivity index (χ0n) is 9.00. The van der Waals surface area contributed by atoms with E-state index in [1.54, 1.807) is 6.20 Å². The Morgan fingerprint density at radius 1 is 1.50 bits per heavy atom. The molecule has 0 aromatic carbocycles. The Balaban J connectivity index is 2.17. The Kier molecular flexibility index (Phi) is 2.71. The van der Waals surface area contributed by atoms with Gasteiger partial charge in [0, 0.05) is 13.1 Å².